The quantitative estimate of drug-likeness (QED) is 0.837. The summed E-state index contributed by atoms with van der Waals surface area (Å²) in [4.78, 5) is 15.6. The Labute approximate surface area is 102 Å². The second kappa shape index (κ2) is 3.92. The van der Waals surface area contributed by atoms with Gasteiger partial charge in [-0.25, -0.2) is 9.78 Å². The fourth-order valence-electron chi connectivity index (χ4n) is 1.88. The molecular formula is C10H13N3O3S. The Morgan fingerprint density at radius 2 is 2.41 bits per heavy atom. The lowest BCUT2D eigenvalue weighted by atomic mass is 10.00. The second-order valence-electron chi connectivity index (χ2n) is 4.55. The fraction of sp³-hybridized carbons (Fsp3) is 0.700. The number of carbonyl (C=O) groups is 1. The van der Waals surface area contributed by atoms with Gasteiger partial charge in [-0.1, -0.05) is 0 Å². The van der Waals surface area contributed by atoms with E-state index in [1.807, 2.05) is 0 Å². The van der Waals surface area contributed by atoms with E-state index in [1.165, 1.54) is 11.5 Å². The van der Waals surface area contributed by atoms with E-state index in [9.17, 15) is 9.90 Å². The third-order valence-electron chi connectivity index (χ3n) is 3.16. The predicted molar refractivity (Wildman–Crippen MR) is 61.3 cm³/mol. The van der Waals surface area contributed by atoms with Crippen molar-refractivity contribution in [2.45, 2.75) is 30.7 Å². The van der Waals surface area contributed by atoms with E-state index in [4.69, 9.17) is 4.74 Å². The highest BCUT2D eigenvalue weighted by Gasteiger charge is 2.43. The van der Waals surface area contributed by atoms with Gasteiger partial charge in [-0.05, 0) is 12.8 Å². The van der Waals surface area contributed by atoms with Crippen molar-refractivity contribution >= 4 is 22.6 Å². The van der Waals surface area contributed by atoms with Gasteiger partial charge in [-0.3, -0.25) is 0 Å². The fourth-order valence-corrected chi connectivity index (χ4v) is 2.63. The van der Waals surface area contributed by atoms with E-state index in [2.05, 4.69) is 14.7 Å². The monoisotopic (exact) mass is 255 g/mol. The van der Waals surface area contributed by atoms with Gasteiger partial charge in [0, 0.05) is 30.5 Å². The lowest BCUT2D eigenvalue weighted by Gasteiger charge is -2.22. The number of nitrogens with one attached hydrogen (secondary N) is 1. The summed E-state index contributed by atoms with van der Waals surface area (Å²) in [5.74, 6) is 0.442. The molecule has 2 N–H and O–H groups in total. The van der Waals surface area contributed by atoms with Crippen LogP contribution in [0.5, 0.6) is 0 Å². The van der Waals surface area contributed by atoms with Crippen LogP contribution in [-0.4, -0.2) is 39.2 Å². The third-order valence-corrected chi connectivity index (χ3v) is 3.81. The van der Waals surface area contributed by atoms with Crippen molar-refractivity contribution < 1.29 is 14.6 Å². The van der Waals surface area contributed by atoms with Crippen LogP contribution >= 0.6 is 11.5 Å². The molecule has 2 aliphatic rings. The van der Waals surface area contributed by atoms with E-state index < -0.39 is 11.5 Å². The number of nitrogens with zero attached hydrogens (tertiary/aromatic N) is 2. The molecule has 3 rings (SSSR count). The Morgan fingerprint density at radius 1 is 1.59 bits per heavy atom. The van der Waals surface area contributed by atoms with Crippen LogP contribution in [0.15, 0.2) is 0 Å². The number of hydrogen-bond acceptors (Lipinski definition) is 6. The van der Waals surface area contributed by atoms with Crippen LogP contribution in [0.1, 0.15) is 31.0 Å². The SMILES string of the molecule is O=C(O)C1(Nc2nc(C3CC3)ns2)CCOC1. The van der Waals surface area contributed by atoms with E-state index in [-0.39, 0.29) is 6.61 Å². The standard InChI is InChI=1S/C10H13N3O3S/c14-8(15)10(3-4-16-5-10)12-9-11-7(13-17-9)6-1-2-6/h6H,1-5H2,(H,14,15)(H,11,12,13). The molecule has 0 radical (unpaired) electrons. The first-order valence-corrected chi connectivity index (χ1v) is 6.40. The zero-order valence-electron chi connectivity index (χ0n) is 9.18. The van der Waals surface area contributed by atoms with Gasteiger partial charge in [0.25, 0.3) is 0 Å². The van der Waals surface area contributed by atoms with E-state index in [0.717, 1.165) is 18.7 Å². The molecule has 0 spiro atoms. The zero-order valence-corrected chi connectivity index (χ0v) is 10.00. The Bertz CT molecular complexity index is 438. The highest BCUT2D eigenvalue weighted by Crippen LogP contribution is 2.39. The largest absolute Gasteiger partial charge is 0.479 e. The first kappa shape index (κ1) is 10.9. The molecule has 1 saturated heterocycles. The first-order chi connectivity index (χ1) is 8.20. The second-order valence-corrected chi connectivity index (χ2v) is 5.30. The van der Waals surface area contributed by atoms with Gasteiger partial charge < -0.3 is 15.2 Å². The number of carboxylic acid groups (broad SMARTS) is 1. The molecule has 1 aliphatic carbocycles. The van der Waals surface area contributed by atoms with Gasteiger partial charge in [0.2, 0.25) is 5.13 Å². The van der Waals surface area contributed by atoms with Crippen molar-refractivity contribution in [3.63, 3.8) is 0 Å². The molecule has 1 atom stereocenters. The lowest BCUT2D eigenvalue weighted by Crippen LogP contribution is -2.47. The van der Waals surface area contributed by atoms with Crippen LogP contribution in [0.2, 0.25) is 0 Å². The van der Waals surface area contributed by atoms with Crippen LogP contribution in [0.4, 0.5) is 5.13 Å². The van der Waals surface area contributed by atoms with Crippen LogP contribution < -0.4 is 5.32 Å². The Hall–Kier alpha value is -1.21. The minimum atomic E-state index is -1.03. The number of aromatic nitrogens is 2. The smallest absolute Gasteiger partial charge is 0.331 e. The Kier molecular flexibility index (Phi) is 2.52. The van der Waals surface area contributed by atoms with Crippen LogP contribution in [0, 0.1) is 0 Å². The normalized spacial score (nSPS) is 28.2. The van der Waals surface area contributed by atoms with Crippen LogP contribution in [-0.2, 0) is 9.53 Å². The lowest BCUT2D eigenvalue weighted by molar-refractivity contribution is -0.142. The molecule has 2 heterocycles. The predicted octanol–water partition coefficient (Wildman–Crippen LogP) is 1.07. The maximum Gasteiger partial charge on any atom is 0.331 e. The highest BCUT2D eigenvalue weighted by molar-refractivity contribution is 7.09. The van der Waals surface area contributed by atoms with Gasteiger partial charge in [-0.2, -0.15) is 4.37 Å². The van der Waals surface area contributed by atoms with Crippen molar-refractivity contribution in [1.82, 2.24) is 9.36 Å². The highest BCUT2D eigenvalue weighted by atomic mass is 32.1. The zero-order chi connectivity index (χ0) is 11.9. The summed E-state index contributed by atoms with van der Waals surface area (Å²) in [5.41, 5.74) is -1.03. The molecule has 17 heavy (non-hydrogen) atoms. The minimum absolute atomic E-state index is 0.181. The molecule has 1 aromatic rings. The molecule has 1 saturated carbocycles. The van der Waals surface area contributed by atoms with Crippen molar-refractivity contribution in [1.29, 1.82) is 0 Å². The van der Waals surface area contributed by atoms with Crippen LogP contribution in [0.3, 0.4) is 0 Å². The van der Waals surface area contributed by atoms with Gasteiger partial charge in [0.1, 0.15) is 5.82 Å². The van der Waals surface area contributed by atoms with Gasteiger partial charge in [0.05, 0.1) is 6.61 Å². The van der Waals surface area contributed by atoms with Gasteiger partial charge in [-0.15, -0.1) is 0 Å². The maximum absolute atomic E-state index is 11.3. The molecule has 1 unspecified atom stereocenters. The summed E-state index contributed by atoms with van der Waals surface area (Å²) in [6.45, 7) is 0.647. The molecule has 1 aliphatic heterocycles. The molecular weight excluding hydrogens is 242 g/mol. The maximum atomic E-state index is 11.3. The number of hydrogen-bond donors (Lipinski definition) is 2. The van der Waals surface area contributed by atoms with E-state index in [1.54, 1.807) is 0 Å². The summed E-state index contributed by atoms with van der Waals surface area (Å²) >= 11 is 1.23. The number of ether oxygens (including phenoxy) is 1. The summed E-state index contributed by atoms with van der Waals surface area (Å²) < 4.78 is 9.42. The average Bonchev–Trinajstić information content (AvgIpc) is 2.87. The molecule has 0 bridgehead atoms. The number of rotatable bonds is 4. The van der Waals surface area contributed by atoms with Crippen molar-refractivity contribution in [3.05, 3.63) is 5.82 Å². The summed E-state index contributed by atoms with van der Waals surface area (Å²) in [6.07, 6.45) is 2.74. The van der Waals surface area contributed by atoms with Crippen molar-refractivity contribution in [3.8, 4) is 0 Å². The van der Waals surface area contributed by atoms with Crippen LogP contribution in [0.25, 0.3) is 0 Å². The Balaban J connectivity index is 1.77. The van der Waals surface area contributed by atoms with E-state index in [0.29, 0.717) is 24.1 Å². The summed E-state index contributed by atoms with van der Waals surface area (Å²) in [5, 5.41) is 12.8. The number of anilines is 1. The average molecular weight is 255 g/mol. The number of aliphatic carboxylic acids is 1. The summed E-state index contributed by atoms with van der Waals surface area (Å²) in [7, 11) is 0. The van der Waals surface area contributed by atoms with Crippen molar-refractivity contribution in [2.75, 3.05) is 18.5 Å². The van der Waals surface area contributed by atoms with E-state index >= 15 is 0 Å². The topological polar surface area (TPSA) is 84.3 Å². The minimum Gasteiger partial charge on any atom is -0.479 e. The Morgan fingerprint density at radius 3 is 3.00 bits per heavy atom. The van der Waals surface area contributed by atoms with Gasteiger partial charge >= 0.3 is 5.97 Å². The molecule has 0 aromatic carbocycles. The summed E-state index contributed by atoms with van der Waals surface area (Å²) in [6, 6.07) is 0. The molecule has 6 nitrogen and oxygen atoms in total. The molecule has 2 fully saturated rings. The first-order valence-electron chi connectivity index (χ1n) is 5.62. The number of carboxylic acids is 1. The van der Waals surface area contributed by atoms with Gasteiger partial charge in [0.15, 0.2) is 5.54 Å². The molecule has 1 aromatic heterocycles. The molecule has 7 heteroatoms. The molecule has 92 valence electrons. The molecule has 0 amide bonds. The third kappa shape index (κ3) is 2.00. The van der Waals surface area contributed by atoms with Crippen molar-refractivity contribution in [2.24, 2.45) is 0 Å².